The lowest BCUT2D eigenvalue weighted by atomic mass is 9.34. The van der Waals surface area contributed by atoms with E-state index in [2.05, 4.69) is 11.0 Å². The van der Waals surface area contributed by atoms with Gasteiger partial charge in [0.25, 0.3) is 0 Å². The van der Waals surface area contributed by atoms with Crippen LogP contribution in [0.25, 0.3) is 0 Å². The third-order valence-electron chi connectivity index (χ3n) is 10.1. The molecular weight excluding hydrogens is 409 g/mol. The van der Waals surface area contributed by atoms with E-state index in [4.69, 9.17) is 9.47 Å². The molecule has 0 radical (unpaired) electrons. The summed E-state index contributed by atoms with van der Waals surface area (Å²) >= 11 is 0. The van der Waals surface area contributed by atoms with E-state index in [9.17, 15) is 14.6 Å². The molecule has 0 aromatic heterocycles. The number of phenolic OH excluding ortho intramolecular Hbond substituents is 1. The highest BCUT2D eigenvalue weighted by molar-refractivity contribution is 5.63. The molecule has 4 fully saturated rings. The van der Waals surface area contributed by atoms with E-state index in [1.807, 2.05) is 20.8 Å². The Bertz CT molecular complexity index is 962. The van der Waals surface area contributed by atoms with Crippen molar-refractivity contribution < 1.29 is 24.1 Å². The largest absolute Gasteiger partial charge is 0.504 e. The van der Waals surface area contributed by atoms with Gasteiger partial charge in [0.2, 0.25) is 0 Å². The van der Waals surface area contributed by atoms with Crippen LogP contribution in [0.15, 0.2) is 12.1 Å². The fourth-order valence-corrected chi connectivity index (χ4v) is 9.05. The van der Waals surface area contributed by atoms with Gasteiger partial charge in [0.1, 0.15) is 11.7 Å². The summed E-state index contributed by atoms with van der Waals surface area (Å²) in [5, 5.41) is 22.2. The third-order valence-corrected chi connectivity index (χ3v) is 10.1. The lowest BCUT2D eigenvalue weighted by Crippen LogP contribution is -2.82. The van der Waals surface area contributed by atoms with Crippen LogP contribution < -0.4 is 4.74 Å². The van der Waals surface area contributed by atoms with E-state index in [1.54, 1.807) is 13.2 Å². The minimum Gasteiger partial charge on any atom is -0.504 e. The van der Waals surface area contributed by atoms with Gasteiger partial charge in [-0.3, -0.25) is 9.29 Å². The number of aromatic hydroxyl groups is 1. The van der Waals surface area contributed by atoms with E-state index in [0.29, 0.717) is 5.75 Å². The Balaban J connectivity index is 1.60. The standard InChI is InChI=1S/C26H36FNO4/c1-15(13-27)14-28-10-9-25-20-16-5-6-17(29)21(20)32-22(25)26(31-4)8-7-24(25,19(28)11-16)12-18(26)23(2,3)30/h5-6,15,18-19,22,29-30H,7-14H2,1-4H3/t15-,18+,19+,22+,24+,25-,26+/m0/s1. The fourth-order valence-electron chi connectivity index (χ4n) is 9.05. The quantitative estimate of drug-likeness (QED) is 0.726. The maximum atomic E-state index is 13.5. The van der Waals surface area contributed by atoms with Crippen molar-refractivity contribution >= 4 is 0 Å². The summed E-state index contributed by atoms with van der Waals surface area (Å²) in [6, 6.07) is 4.11. The second-order valence-corrected chi connectivity index (χ2v) is 11.9. The predicted molar refractivity (Wildman–Crippen MR) is 119 cm³/mol. The molecule has 4 bridgehead atoms. The molecule has 1 saturated heterocycles. The average molecular weight is 446 g/mol. The van der Waals surface area contributed by atoms with Crippen LogP contribution in [0, 0.1) is 17.3 Å². The first-order chi connectivity index (χ1) is 15.1. The molecule has 1 aromatic carbocycles. The summed E-state index contributed by atoms with van der Waals surface area (Å²) in [5.74, 6) is 0.773. The molecule has 1 aromatic rings. The summed E-state index contributed by atoms with van der Waals surface area (Å²) in [6.45, 7) is 7.14. The van der Waals surface area contributed by atoms with Gasteiger partial charge in [-0.25, -0.2) is 0 Å². The van der Waals surface area contributed by atoms with Crippen LogP contribution in [-0.2, 0) is 16.6 Å². The van der Waals surface area contributed by atoms with Crippen LogP contribution in [0.4, 0.5) is 4.39 Å². The van der Waals surface area contributed by atoms with Gasteiger partial charge in [-0.1, -0.05) is 13.0 Å². The number of piperidine rings is 1. The molecule has 2 spiro atoms. The van der Waals surface area contributed by atoms with Gasteiger partial charge in [0.15, 0.2) is 11.5 Å². The van der Waals surface area contributed by atoms with Crippen molar-refractivity contribution in [2.45, 2.75) is 81.6 Å². The Morgan fingerprint density at radius 2 is 2.09 bits per heavy atom. The normalized spacial score (nSPS) is 42.5. The molecule has 5 nitrogen and oxygen atoms in total. The monoisotopic (exact) mass is 445 g/mol. The van der Waals surface area contributed by atoms with Crippen LogP contribution in [0.5, 0.6) is 11.5 Å². The zero-order chi connectivity index (χ0) is 22.7. The van der Waals surface area contributed by atoms with Gasteiger partial charge in [-0.05, 0) is 70.0 Å². The summed E-state index contributed by atoms with van der Waals surface area (Å²) in [5.41, 5.74) is 0.628. The number of hydrogen-bond acceptors (Lipinski definition) is 5. The SMILES string of the molecule is CO[C@]12CC[C@@]3(C[C@@H]1C(C)(C)O)[C@H]1Cc4ccc(O)c5c4[C@@]3(CCN1C[C@@H](C)CF)[C@H]2O5. The second-order valence-electron chi connectivity index (χ2n) is 11.9. The Labute approximate surface area is 189 Å². The number of ether oxygens (including phenoxy) is 2. The molecule has 176 valence electrons. The Morgan fingerprint density at radius 1 is 1.31 bits per heavy atom. The first-order valence-corrected chi connectivity index (χ1v) is 12.2. The number of hydrogen-bond donors (Lipinski definition) is 2. The number of rotatable bonds is 5. The minimum atomic E-state index is -0.920. The zero-order valence-electron chi connectivity index (χ0n) is 19.7. The van der Waals surface area contributed by atoms with Crippen molar-refractivity contribution in [3.05, 3.63) is 23.3 Å². The number of benzene rings is 1. The van der Waals surface area contributed by atoms with Gasteiger partial charge >= 0.3 is 0 Å². The van der Waals surface area contributed by atoms with Crippen LogP contribution in [0.2, 0.25) is 0 Å². The number of nitrogens with zero attached hydrogens (tertiary/aromatic N) is 1. The van der Waals surface area contributed by atoms with Gasteiger partial charge in [0.05, 0.1) is 12.3 Å². The number of methoxy groups -OCH3 is 1. The molecule has 0 unspecified atom stereocenters. The summed E-state index contributed by atoms with van der Waals surface area (Å²) in [4.78, 5) is 2.53. The van der Waals surface area contributed by atoms with Crippen molar-refractivity contribution in [1.82, 2.24) is 4.90 Å². The Kier molecular flexibility index (Phi) is 4.23. The highest BCUT2D eigenvalue weighted by Gasteiger charge is 2.81. The third kappa shape index (κ3) is 2.20. The van der Waals surface area contributed by atoms with E-state index in [-0.39, 0.29) is 47.2 Å². The summed E-state index contributed by atoms with van der Waals surface area (Å²) < 4.78 is 26.6. The van der Waals surface area contributed by atoms with E-state index in [1.165, 1.54) is 11.1 Å². The summed E-state index contributed by atoms with van der Waals surface area (Å²) in [6.07, 6.45) is 4.27. The summed E-state index contributed by atoms with van der Waals surface area (Å²) in [7, 11) is 1.76. The van der Waals surface area contributed by atoms with E-state index in [0.717, 1.165) is 45.2 Å². The van der Waals surface area contributed by atoms with Gasteiger partial charge < -0.3 is 19.7 Å². The number of alkyl halides is 1. The number of aliphatic hydroxyl groups is 1. The number of likely N-dealkylation sites (tertiary alicyclic amines) is 1. The Hall–Kier alpha value is -1.37. The maximum absolute atomic E-state index is 13.5. The molecule has 2 aliphatic heterocycles. The van der Waals surface area contributed by atoms with Crippen molar-refractivity contribution in [2.75, 3.05) is 26.9 Å². The lowest BCUT2D eigenvalue weighted by molar-refractivity contribution is -0.300. The second kappa shape index (κ2) is 6.39. The molecule has 3 saturated carbocycles. The average Bonchev–Trinajstić information content (AvgIpc) is 3.13. The van der Waals surface area contributed by atoms with Crippen molar-refractivity contribution in [3.63, 3.8) is 0 Å². The topological polar surface area (TPSA) is 62.2 Å². The Morgan fingerprint density at radius 3 is 2.78 bits per heavy atom. The predicted octanol–water partition coefficient (Wildman–Crippen LogP) is 3.58. The zero-order valence-corrected chi connectivity index (χ0v) is 19.7. The molecule has 32 heavy (non-hydrogen) atoms. The maximum Gasteiger partial charge on any atom is 0.165 e. The van der Waals surface area contributed by atoms with Gasteiger partial charge in [0, 0.05) is 42.0 Å². The van der Waals surface area contributed by atoms with E-state index < -0.39 is 11.2 Å². The number of halogens is 1. The highest BCUT2D eigenvalue weighted by Crippen LogP contribution is 2.77. The smallest absolute Gasteiger partial charge is 0.165 e. The molecule has 2 heterocycles. The molecular formula is C26H36FNO4. The van der Waals surface area contributed by atoms with Crippen LogP contribution >= 0.6 is 0 Å². The van der Waals surface area contributed by atoms with Crippen LogP contribution in [0.3, 0.4) is 0 Å². The van der Waals surface area contributed by atoms with Crippen molar-refractivity contribution in [2.24, 2.45) is 17.3 Å². The lowest BCUT2D eigenvalue weighted by Gasteiger charge is -2.75. The number of fused-ring (bicyclic) bond motifs is 2. The molecule has 2 N–H and O–H groups in total. The highest BCUT2D eigenvalue weighted by atomic mass is 19.1. The fraction of sp³-hybridized carbons (Fsp3) is 0.769. The molecule has 6 aliphatic rings. The number of phenols is 1. The molecule has 4 aliphatic carbocycles. The molecule has 0 amide bonds. The molecule has 7 rings (SSSR count). The first-order valence-electron chi connectivity index (χ1n) is 12.2. The van der Waals surface area contributed by atoms with Crippen LogP contribution in [-0.4, -0.2) is 65.3 Å². The first kappa shape index (κ1) is 21.2. The molecule has 6 heteroatoms. The van der Waals surface area contributed by atoms with Gasteiger partial charge in [-0.15, -0.1) is 0 Å². The van der Waals surface area contributed by atoms with Crippen LogP contribution in [0.1, 0.15) is 57.6 Å². The van der Waals surface area contributed by atoms with Crippen molar-refractivity contribution in [3.8, 4) is 11.5 Å². The van der Waals surface area contributed by atoms with Gasteiger partial charge in [-0.2, -0.15) is 0 Å². The van der Waals surface area contributed by atoms with E-state index >= 15 is 0 Å². The van der Waals surface area contributed by atoms with Crippen molar-refractivity contribution in [1.29, 1.82) is 0 Å². The molecule has 7 atom stereocenters. The minimum absolute atomic E-state index is 0.00294.